The number of anilines is 1. The highest BCUT2D eigenvalue weighted by atomic mass is 32.1. The Kier molecular flexibility index (Phi) is 6.72. The molecular weight excluding hydrogens is 383 g/mol. The van der Waals surface area contributed by atoms with Crippen LogP contribution in [-0.4, -0.2) is 61.9 Å². The van der Waals surface area contributed by atoms with Crippen molar-refractivity contribution in [2.45, 2.75) is 0 Å². The Hall–Kier alpha value is -2.78. The maximum Gasteiger partial charge on any atom is 0.279 e. The zero-order chi connectivity index (χ0) is 19.9. The van der Waals surface area contributed by atoms with Gasteiger partial charge in [-0.3, -0.25) is 14.4 Å². The first-order valence-electron chi connectivity index (χ1n) is 9.00. The molecule has 1 saturated heterocycles. The molecule has 1 fully saturated rings. The van der Waals surface area contributed by atoms with Crippen LogP contribution >= 0.6 is 11.3 Å². The number of hydrogen-bond donors (Lipinski definition) is 3. The SMILES string of the molecule is O=C(C[NH+]1CCN(C(=O)CNC(=O)c2cccs2)CC1)Nc1ccc(F)cc1. The van der Waals surface area contributed by atoms with Crippen molar-refractivity contribution in [3.63, 3.8) is 0 Å². The van der Waals surface area contributed by atoms with Crippen LogP contribution in [0.1, 0.15) is 9.67 Å². The van der Waals surface area contributed by atoms with E-state index in [1.165, 1.54) is 35.6 Å². The maximum absolute atomic E-state index is 12.9. The van der Waals surface area contributed by atoms with Crippen LogP contribution in [0.4, 0.5) is 10.1 Å². The number of carbonyl (C=O) groups is 3. The molecule has 1 aromatic carbocycles. The molecule has 3 N–H and O–H groups in total. The summed E-state index contributed by atoms with van der Waals surface area (Å²) >= 11 is 1.33. The molecular formula is C19H22FN4O3S+. The van der Waals surface area contributed by atoms with Gasteiger partial charge in [0.15, 0.2) is 6.54 Å². The summed E-state index contributed by atoms with van der Waals surface area (Å²) in [4.78, 5) is 39.6. The second-order valence-corrected chi connectivity index (χ2v) is 7.47. The summed E-state index contributed by atoms with van der Waals surface area (Å²) in [6, 6.07) is 9.13. The van der Waals surface area contributed by atoms with Gasteiger partial charge in [0.05, 0.1) is 37.6 Å². The van der Waals surface area contributed by atoms with E-state index in [0.717, 1.165) is 4.90 Å². The lowest BCUT2D eigenvalue weighted by molar-refractivity contribution is -0.895. The van der Waals surface area contributed by atoms with Crippen LogP contribution in [0.5, 0.6) is 0 Å². The molecule has 2 aromatic rings. The topological polar surface area (TPSA) is 83.0 Å². The van der Waals surface area contributed by atoms with Crippen LogP contribution < -0.4 is 15.5 Å². The Morgan fingerprint density at radius 1 is 1.11 bits per heavy atom. The molecule has 3 amide bonds. The van der Waals surface area contributed by atoms with Gasteiger partial charge >= 0.3 is 0 Å². The zero-order valence-corrected chi connectivity index (χ0v) is 16.1. The monoisotopic (exact) mass is 405 g/mol. The van der Waals surface area contributed by atoms with Crippen molar-refractivity contribution in [1.29, 1.82) is 0 Å². The highest BCUT2D eigenvalue weighted by Gasteiger charge is 2.25. The van der Waals surface area contributed by atoms with E-state index in [1.54, 1.807) is 17.0 Å². The minimum Gasteiger partial charge on any atom is -0.342 e. The van der Waals surface area contributed by atoms with E-state index in [9.17, 15) is 18.8 Å². The van der Waals surface area contributed by atoms with Crippen LogP contribution in [0.15, 0.2) is 41.8 Å². The summed E-state index contributed by atoms with van der Waals surface area (Å²) in [5, 5.41) is 7.19. The average molecular weight is 405 g/mol. The number of halogens is 1. The fraction of sp³-hybridized carbons (Fsp3) is 0.316. The van der Waals surface area contributed by atoms with Crippen molar-refractivity contribution in [3.05, 3.63) is 52.5 Å². The summed E-state index contributed by atoms with van der Waals surface area (Å²) in [6.07, 6.45) is 0. The van der Waals surface area contributed by atoms with Crippen molar-refractivity contribution in [3.8, 4) is 0 Å². The van der Waals surface area contributed by atoms with Crippen molar-refractivity contribution < 1.29 is 23.7 Å². The van der Waals surface area contributed by atoms with Gasteiger partial charge in [-0.05, 0) is 35.7 Å². The van der Waals surface area contributed by atoms with Gasteiger partial charge in [0.25, 0.3) is 11.8 Å². The minimum atomic E-state index is -0.351. The summed E-state index contributed by atoms with van der Waals surface area (Å²) < 4.78 is 12.9. The molecule has 0 spiro atoms. The van der Waals surface area contributed by atoms with Crippen LogP contribution in [-0.2, 0) is 9.59 Å². The number of hydrogen-bond acceptors (Lipinski definition) is 4. The van der Waals surface area contributed by atoms with E-state index in [2.05, 4.69) is 10.6 Å². The fourth-order valence-electron chi connectivity index (χ4n) is 2.98. The second kappa shape index (κ2) is 9.43. The molecule has 0 saturated carbocycles. The summed E-state index contributed by atoms with van der Waals surface area (Å²) in [5.74, 6) is -0.870. The van der Waals surface area contributed by atoms with Gasteiger partial charge < -0.3 is 20.4 Å². The average Bonchev–Trinajstić information content (AvgIpc) is 3.23. The van der Waals surface area contributed by atoms with Crippen LogP contribution in [0.3, 0.4) is 0 Å². The Bertz CT molecular complexity index is 818. The van der Waals surface area contributed by atoms with Gasteiger partial charge in [-0.25, -0.2) is 4.39 Å². The third-order valence-corrected chi connectivity index (χ3v) is 5.38. The predicted molar refractivity (Wildman–Crippen MR) is 104 cm³/mol. The van der Waals surface area contributed by atoms with Crippen LogP contribution in [0, 0.1) is 5.82 Å². The fourth-order valence-corrected chi connectivity index (χ4v) is 3.62. The molecule has 1 aliphatic heterocycles. The molecule has 0 unspecified atom stereocenters. The number of benzene rings is 1. The van der Waals surface area contributed by atoms with Gasteiger partial charge in [-0.15, -0.1) is 11.3 Å². The number of amides is 3. The van der Waals surface area contributed by atoms with E-state index in [1.807, 2.05) is 5.38 Å². The van der Waals surface area contributed by atoms with Crippen LogP contribution in [0.25, 0.3) is 0 Å². The Morgan fingerprint density at radius 3 is 2.46 bits per heavy atom. The lowest BCUT2D eigenvalue weighted by Crippen LogP contribution is -3.15. The van der Waals surface area contributed by atoms with Gasteiger partial charge in [0, 0.05) is 5.69 Å². The molecule has 0 atom stereocenters. The van der Waals surface area contributed by atoms with E-state index in [0.29, 0.717) is 36.7 Å². The smallest absolute Gasteiger partial charge is 0.279 e. The quantitative estimate of drug-likeness (QED) is 0.632. The van der Waals surface area contributed by atoms with Crippen LogP contribution in [0.2, 0.25) is 0 Å². The third-order valence-electron chi connectivity index (χ3n) is 4.51. The number of quaternary nitrogens is 1. The first-order chi connectivity index (χ1) is 13.5. The number of nitrogens with zero attached hydrogens (tertiary/aromatic N) is 1. The van der Waals surface area contributed by atoms with Gasteiger partial charge in [-0.1, -0.05) is 6.07 Å². The number of piperazine rings is 1. The highest BCUT2D eigenvalue weighted by molar-refractivity contribution is 7.12. The Morgan fingerprint density at radius 2 is 1.82 bits per heavy atom. The molecule has 0 bridgehead atoms. The molecule has 0 radical (unpaired) electrons. The van der Waals surface area contributed by atoms with E-state index < -0.39 is 0 Å². The van der Waals surface area contributed by atoms with Gasteiger partial charge in [0.2, 0.25) is 5.91 Å². The third kappa shape index (κ3) is 5.61. The van der Waals surface area contributed by atoms with Gasteiger partial charge in [-0.2, -0.15) is 0 Å². The number of carbonyl (C=O) groups excluding carboxylic acids is 3. The van der Waals surface area contributed by atoms with Crippen molar-refractivity contribution in [2.75, 3.05) is 44.6 Å². The largest absolute Gasteiger partial charge is 0.342 e. The molecule has 28 heavy (non-hydrogen) atoms. The highest BCUT2D eigenvalue weighted by Crippen LogP contribution is 2.08. The molecule has 0 aliphatic carbocycles. The van der Waals surface area contributed by atoms with E-state index >= 15 is 0 Å². The lowest BCUT2D eigenvalue weighted by atomic mass is 10.3. The molecule has 2 heterocycles. The zero-order valence-electron chi connectivity index (χ0n) is 15.2. The lowest BCUT2D eigenvalue weighted by Gasteiger charge is -2.31. The molecule has 1 aliphatic rings. The van der Waals surface area contributed by atoms with Gasteiger partial charge in [0.1, 0.15) is 5.82 Å². The maximum atomic E-state index is 12.9. The normalized spacial score (nSPS) is 14.5. The van der Waals surface area contributed by atoms with E-state index in [-0.39, 0.29) is 36.6 Å². The predicted octanol–water partition coefficient (Wildman–Crippen LogP) is -0.0172. The van der Waals surface area contributed by atoms with Crippen molar-refractivity contribution in [2.24, 2.45) is 0 Å². The number of nitrogens with one attached hydrogen (secondary N) is 3. The first-order valence-corrected chi connectivity index (χ1v) is 9.87. The minimum absolute atomic E-state index is 0.0306. The molecule has 148 valence electrons. The molecule has 3 rings (SSSR count). The molecule has 7 nitrogen and oxygen atoms in total. The van der Waals surface area contributed by atoms with E-state index in [4.69, 9.17) is 0 Å². The molecule has 1 aromatic heterocycles. The number of thiophene rings is 1. The summed E-state index contributed by atoms with van der Waals surface area (Å²) in [7, 11) is 0. The Balaban J connectivity index is 1.37. The first kappa shape index (κ1) is 20.0. The number of rotatable bonds is 6. The summed E-state index contributed by atoms with van der Waals surface area (Å²) in [5.41, 5.74) is 0.557. The second-order valence-electron chi connectivity index (χ2n) is 6.52. The van der Waals surface area contributed by atoms with Crippen molar-refractivity contribution in [1.82, 2.24) is 10.2 Å². The Labute approximate surface area is 166 Å². The summed E-state index contributed by atoms with van der Waals surface area (Å²) in [6.45, 7) is 2.63. The molecule has 9 heteroatoms. The van der Waals surface area contributed by atoms with Crippen molar-refractivity contribution >= 4 is 34.7 Å². The standard InChI is InChI=1S/C19H21FN4O3S/c20-14-3-5-15(6-4-14)22-17(25)13-23-7-9-24(10-8-23)18(26)12-21-19(27)16-2-1-11-28-16/h1-6,11H,7-10,12-13H2,(H,21,27)(H,22,25)/p+1.